The van der Waals surface area contributed by atoms with E-state index in [1.54, 1.807) is 0 Å². The Hall–Kier alpha value is -2.84. The number of carboxylic acids is 1. The Morgan fingerprint density at radius 1 is 1.23 bits per heavy atom. The van der Waals surface area contributed by atoms with E-state index in [0.29, 0.717) is 27.9 Å². The molecule has 5 rings (SSSR count). The Balaban J connectivity index is 1.31. The summed E-state index contributed by atoms with van der Waals surface area (Å²) in [5.74, 6) is -0.594. The smallest absolute Gasteiger partial charge is 0.303 e. The average molecular weight is 443 g/mol. The standard InChI is InChI=1S/C22H23ClN4O4/c23-17-12-18-21(26-22(24-18)31-16-9-13(10-16)11-19(28)29)25-20(17)14-1-3-15(4-2-14)27-5-7-30-8-6-27/h1-4,12-13,16H,5-11H2,(H,28,29)(H,24,25,26). The van der Waals surface area contributed by atoms with E-state index in [4.69, 9.17) is 26.2 Å². The molecule has 3 heterocycles. The summed E-state index contributed by atoms with van der Waals surface area (Å²) in [5.41, 5.74) is 3.99. The normalized spacial score (nSPS) is 21.1. The molecule has 0 spiro atoms. The molecule has 2 aromatic heterocycles. The molecule has 1 aromatic carbocycles. The summed E-state index contributed by atoms with van der Waals surface area (Å²) < 4.78 is 11.3. The van der Waals surface area contributed by atoms with Crippen LogP contribution in [0.3, 0.4) is 0 Å². The average Bonchev–Trinajstić information content (AvgIpc) is 3.13. The zero-order chi connectivity index (χ0) is 21.4. The van der Waals surface area contributed by atoms with Gasteiger partial charge in [0.1, 0.15) is 6.10 Å². The van der Waals surface area contributed by atoms with Crippen molar-refractivity contribution in [2.45, 2.75) is 25.4 Å². The highest BCUT2D eigenvalue weighted by atomic mass is 35.5. The summed E-state index contributed by atoms with van der Waals surface area (Å²) in [6.45, 7) is 3.27. The van der Waals surface area contributed by atoms with Gasteiger partial charge in [-0.15, -0.1) is 0 Å². The first-order chi connectivity index (χ1) is 15.0. The fraction of sp³-hybridized carbons (Fsp3) is 0.409. The number of hydrogen-bond donors (Lipinski definition) is 2. The minimum atomic E-state index is -0.767. The summed E-state index contributed by atoms with van der Waals surface area (Å²) >= 11 is 6.51. The highest BCUT2D eigenvalue weighted by Crippen LogP contribution is 2.34. The summed E-state index contributed by atoms with van der Waals surface area (Å²) in [6, 6.07) is 10.4. The van der Waals surface area contributed by atoms with Crippen molar-refractivity contribution in [1.82, 2.24) is 15.0 Å². The molecule has 3 aromatic rings. The number of carbonyl (C=O) groups is 1. The van der Waals surface area contributed by atoms with Gasteiger partial charge in [0.15, 0.2) is 5.65 Å². The third-order valence-corrected chi connectivity index (χ3v) is 6.14. The van der Waals surface area contributed by atoms with E-state index in [0.717, 1.165) is 50.4 Å². The first-order valence-corrected chi connectivity index (χ1v) is 10.8. The monoisotopic (exact) mass is 442 g/mol. The molecular weight excluding hydrogens is 420 g/mol. The van der Waals surface area contributed by atoms with Crippen LogP contribution in [0.5, 0.6) is 6.01 Å². The molecule has 2 N–H and O–H groups in total. The SMILES string of the molecule is O=C(O)CC1CC(Oc2nc3nc(-c4ccc(N5CCOCC5)cc4)c(Cl)cc3[nH]2)C1. The van der Waals surface area contributed by atoms with Crippen molar-refractivity contribution in [2.75, 3.05) is 31.2 Å². The molecule has 0 amide bonds. The summed E-state index contributed by atoms with van der Waals surface area (Å²) in [5, 5.41) is 9.39. The highest BCUT2D eigenvalue weighted by molar-refractivity contribution is 6.33. The first kappa shape index (κ1) is 20.1. The zero-order valence-electron chi connectivity index (χ0n) is 16.9. The van der Waals surface area contributed by atoms with Crippen LogP contribution in [0.4, 0.5) is 5.69 Å². The molecule has 2 aliphatic rings. The molecular formula is C22H23ClN4O4. The number of aromatic nitrogens is 3. The first-order valence-electron chi connectivity index (χ1n) is 10.4. The molecule has 9 heteroatoms. The van der Waals surface area contributed by atoms with Crippen molar-refractivity contribution in [1.29, 1.82) is 0 Å². The van der Waals surface area contributed by atoms with E-state index < -0.39 is 5.97 Å². The van der Waals surface area contributed by atoms with Crippen LogP contribution in [0.15, 0.2) is 30.3 Å². The predicted molar refractivity (Wildman–Crippen MR) is 117 cm³/mol. The van der Waals surface area contributed by atoms with Crippen LogP contribution < -0.4 is 9.64 Å². The van der Waals surface area contributed by atoms with E-state index in [1.165, 1.54) is 0 Å². The number of H-pyrrole nitrogens is 1. The van der Waals surface area contributed by atoms with E-state index >= 15 is 0 Å². The van der Waals surface area contributed by atoms with Gasteiger partial charge in [0.2, 0.25) is 0 Å². The van der Waals surface area contributed by atoms with Crippen LogP contribution >= 0.6 is 11.6 Å². The van der Waals surface area contributed by atoms with E-state index in [1.807, 2.05) is 18.2 Å². The van der Waals surface area contributed by atoms with Crippen molar-refractivity contribution in [3.63, 3.8) is 0 Å². The van der Waals surface area contributed by atoms with E-state index in [-0.39, 0.29) is 18.4 Å². The number of aromatic amines is 1. The van der Waals surface area contributed by atoms with Crippen LogP contribution in [-0.4, -0.2) is 58.4 Å². The van der Waals surface area contributed by atoms with Gasteiger partial charge in [0.25, 0.3) is 6.01 Å². The Morgan fingerprint density at radius 2 is 1.97 bits per heavy atom. The molecule has 1 saturated heterocycles. The van der Waals surface area contributed by atoms with Gasteiger partial charge >= 0.3 is 5.97 Å². The van der Waals surface area contributed by atoms with Gasteiger partial charge < -0.3 is 24.5 Å². The van der Waals surface area contributed by atoms with E-state index in [9.17, 15) is 4.79 Å². The molecule has 1 saturated carbocycles. The van der Waals surface area contributed by atoms with E-state index in [2.05, 4.69) is 32.0 Å². The second-order valence-electron chi connectivity index (χ2n) is 8.05. The van der Waals surface area contributed by atoms with Crippen LogP contribution in [0.1, 0.15) is 19.3 Å². The van der Waals surface area contributed by atoms with Crippen molar-refractivity contribution < 1.29 is 19.4 Å². The number of pyridine rings is 1. The lowest BCUT2D eigenvalue weighted by Gasteiger charge is -2.33. The van der Waals surface area contributed by atoms with Gasteiger partial charge in [-0.2, -0.15) is 4.98 Å². The number of ether oxygens (including phenoxy) is 2. The zero-order valence-corrected chi connectivity index (χ0v) is 17.6. The highest BCUT2D eigenvalue weighted by Gasteiger charge is 2.33. The van der Waals surface area contributed by atoms with Crippen molar-refractivity contribution in [3.8, 4) is 17.3 Å². The molecule has 2 fully saturated rings. The lowest BCUT2D eigenvalue weighted by Crippen LogP contribution is -2.36. The number of hydrogen-bond acceptors (Lipinski definition) is 6. The fourth-order valence-electron chi connectivity index (χ4n) is 4.15. The Bertz CT molecular complexity index is 1090. The number of benzene rings is 1. The maximum atomic E-state index is 10.8. The number of morpholine rings is 1. The molecule has 0 radical (unpaired) electrons. The number of imidazole rings is 1. The molecule has 0 bridgehead atoms. The summed E-state index contributed by atoms with van der Waals surface area (Å²) in [7, 11) is 0. The topological polar surface area (TPSA) is 101 Å². The molecule has 1 aliphatic heterocycles. The largest absolute Gasteiger partial charge is 0.481 e. The third-order valence-electron chi connectivity index (χ3n) is 5.86. The maximum absolute atomic E-state index is 10.8. The van der Waals surface area contributed by atoms with Crippen LogP contribution in [0, 0.1) is 5.92 Å². The number of carboxylic acid groups (broad SMARTS) is 1. The van der Waals surface area contributed by atoms with Crippen molar-refractivity contribution in [2.24, 2.45) is 5.92 Å². The molecule has 0 unspecified atom stereocenters. The number of rotatable bonds is 6. The van der Waals surface area contributed by atoms with Crippen LogP contribution in [0.2, 0.25) is 5.02 Å². The molecule has 0 atom stereocenters. The predicted octanol–water partition coefficient (Wildman–Crippen LogP) is 3.75. The Kier molecular flexibility index (Phi) is 5.41. The maximum Gasteiger partial charge on any atom is 0.303 e. The number of nitrogens with zero attached hydrogens (tertiary/aromatic N) is 3. The molecule has 1 aliphatic carbocycles. The number of fused-ring (bicyclic) bond motifs is 1. The van der Waals surface area contributed by atoms with Gasteiger partial charge in [-0.05, 0) is 37.0 Å². The van der Waals surface area contributed by atoms with Gasteiger partial charge in [0.05, 0.1) is 29.4 Å². The van der Waals surface area contributed by atoms with Crippen molar-refractivity contribution >= 4 is 34.4 Å². The number of anilines is 1. The second kappa shape index (κ2) is 8.36. The second-order valence-corrected chi connectivity index (χ2v) is 8.46. The Labute approximate surface area is 184 Å². The summed E-state index contributed by atoms with van der Waals surface area (Å²) in [4.78, 5) is 25.3. The van der Waals surface area contributed by atoms with Gasteiger partial charge in [-0.1, -0.05) is 23.7 Å². The van der Waals surface area contributed by atoms with Gasteiger partial charge in [-0.25, -0.2) is 4.98 Å². The van der Waals surface area contributed by atoms with Crippen molar-refractivity contribution in [3.05, 3.63) is 35.4 Å². The van der Waals surface area contributed by atoms with Gasteiger partial charge in [0, 0.05) is 30.8 Å². The molecule has 162 valence electrons. The number of nitrogens with one attached hydrogen (secondary N) is 1. The third kappa shape index (κ3) is 4.31. The molecule has 8 nitrogen and oxygen atoms in total. The minimum absolute atomic E-state index is 0.0208. The van der Waals surface area contributed by atoms with Gasteiger partial charge in [-0.3, -0.25) is 4.79 Å². The summed E-state index contributed by atoms with van der Waals surface area (Å²) in [6.07, 6.45) is 1.61. The fourth-order valence-corrected chi connectivity index (χ4v) is 4.41. The lowest BCUT2D eigenvalue weighted by molar-refractivity contribution is -0.139. The van der Waals surface area contributed by atoms with Crippen LogP contribution in [0.25, 0.3) is 22.4 Å². The number of aliphatic carboxylic acids is 1. The quantitative estimate of drug-likeness (QED) is 0.599. The Morgan fingerprint density at radius 3 is 2.68 bits per heavy atom. The number of halogens is 1. The molecule has 31 heavy (non-hydrogen) atoms. The lowest BCUT2D eigenvalue weighted by atomic mass is 9.80. The minimum Gasteiger partial charge on any atom is -0.481 e. The van der Waals surface area contributed by atoms with Crippen LogP contribution in [-0.2, 0) is 9.53 Å².